The van der Waals surface area contributed by atoms with E-state index in [0.717, 1.165) is 0 Å². The van der Waals surface area contributed by atoms with Crippen LogP contribution in [0.3, 0.4) is 0 Å². The van der Waals surface area contributed by atoms with E-state index in [2.05, 4.69) is 6.58 Å². The van der Waals surface area contributed by atoms with Gasteiger partial charge in [-0.2, -0.15) is 0 Å². The number of aliphatic hydroxyl groups is 1. The topological polar surface area (TPSA) is 55.8 Å². The molecule has 0 aliphatic carbocycles. The van der Waals surface area contributed by atoms with Crippen molar-refractivity contribution in [1.29, 1.82) is 0 Å². The van der Waals surface area contributed by atoms with Gasteiger partial charge in [0.2, 0.25) is 0 Å². The number of carbonyl (C=O) groups excluding carboxylic acids is 1. The summed E-state index contributed by atoms with van der Waals surface area (Å²) in [6, 6.07) is 0. The quantitative estimate of drug-likeness (QED) is 0.349. The van der Waals surface area contributed by atoms with Gasteiger partial charge in [-0.15, -0.1) is 0 Å². The van der Waals surface area contributed by atoms with Crippen LogP contribution in [0.25, 0.3) is 0 Å². The van der Waals surface area contributed by atoms with Crippen LogP contribution < -0.4 is 0 Å². The molecule has 0 fully saturated rings. The third-order valence-electron chi connectivity index (χ3n) is 1.66. The Hall–Kier alpha value is -0.493. The number of carbonyl (C=O) groups is 1. The zero-order valence-electron chi connectivity index (χ0n) is 8.24. The maximum absolute atomic E-state index is 11.2. The van der Waals surface area contributed by atoms with E-state index in [-0.39, 0.29) is 5.78 Å². The second-order valence-corrected chi connectivity index (χ2v) is 4.71. The number of Topliss-reactive ketones (excluding diaryl/α,β-unsaturated/α-hetero) is 1. The summed E-state index contributed by atoms with van der Waals surface area (Å²) in [5.41, 5.74) is -0.589. The lowest BCUT2D eigenvalue weighted by Crippen LogP contribution is -2.37. The summed E-state index contributed by atoms with van der Waals surface area (Å²) in [6.07, 6.45) is 0. The lowest BCUT2D eigenvalue weighted by atomic mass is 10.2. The lowest BCUT2D eigenvalue weighted by molar-refractivity contribution is -0.120. The van der Waals surface area contributed by atoms with Gasteiger partial charge in [0.15, 0.2) is 5.78 Å². The van der Waals surface area contributed by atoms with Crippen LogP contribution in [0, 0.1) is 0 Å². The summed E-state index contributed by atoms with van der Waals surface area (Å²) < 4.78 is 9.80. The van der Waals surface area contributed by atoms with Gasteiger partial charge in [-0.3, -0.25) is 4.79 Å². The average molecular weight is 204 g/mol. The smallest absolute Gasteiger partial charge is 0.182 e. The van der Waals surface area contributed by atoms with E-state index in [9.17, 15) is 9.90 Å². The SMILES string of the molecule is C=C(C)C(=O)C(O)[SiH2]C(OC)OC. The van der Waals surface area contributed by atoms with Crippen LogP contribution in [0.4, 0.5) is 0 Å². The third-order valence-corrected chi connectivity index (χ3v) is 3.53. The number of aliphatic hydroxyl groups excluding tert-OH is 1. The van der Waals surface area contributed by atoms with Crippen molar-refractivity contribution in [3.05, 3.63) is 12.2 Å². The minimum Gasteiger partial charge on any atom is -0.389 e. The van der Waals surface area contributed by atoms with Crippen LogP contribution in [-0.4, -0.2) is 46.3 Å². The van der Waals surface area contributed by atoms with Crippen molar-refractivity contribution in [2.75, 3.05) is 14.2 Å². The van der Waals surface area contributed by atoms with Crippen LogP contribution in [0.5, 0.6) is 0 Å². The monoisotopic (exact) mass is 204 g/mol. The molecule has 0 aliphatic rings. The number of rotatable bonds is 6. The van der Waals surface area contributed by atoms with Crippen LogP contribution in [0.2, 0.25) is 0 Å². The molecular weight excluding hydrogens is 188 g/mol. The largest absolute Gasteiger partial charge is 0.389 e. The van der Waals surface area contributed by atoms with Gasteiger partial charge in [0.25, 0.3) is 0 Å². The van der Waals surface area contributed by atoms with Crippen LogP contribution >= 0.6 is 0 Å². The standard InChI is InChI=1S/C8H16O4Si/c1-5(2)6(9)7(10)13-8(11-3)12-4/h7-8,10H,1,13H2,2-4H3. The summed E-state index contributed by atoms with van der Waals surface area (Å²) in [6.45, 7) is 5.04. The van der Waals surface area contributed by atoms with E-state index in [4.69, 9.17) is 9.47 Å². The van der Waals surface area contributed by atoms with Crippen LogP contribution in [-0.2, 0) is 14.3 Å². The first kappa shape index (κ1) is 12.5. The molecule has 0 amide bonds. The molecule has 0 heterocycles. The van der Waals surface area contributed by atoms with Crippen molar-refractivity contribution < 1.29 is 19.4 Å². The Bertz CT molecular complexity index is 189. The molecule has 0 radical (unpaired) electrons. The molecule has 1 unspecified atom stereocenters. The molecule has 4 nitrogen and oxygen atoms in total. The zero-order valence-corrected chi connectivity index (χ0v) is 9.66. The Morgan fingerprint density at radius 3 is 2.23 bits per heavy atom. The summed E-state index contributed by atoms with van der Waals surface area (Å²) in [5, 5.41) is 9.41. The van der Waals surface area contributed by atoms with E-state index in [0.29, 0.717) is 5.57 Å². The molecule has 5 heteroatoms. The first-order chi connectivity index (χ1) is 6.02. The number of methoxy groups -OCH3 is 2. The van der Waals surface area contributed by atoms with Gasteiger partial charge in [0.1, 0.15) is 21.2 Å². The van der Waals surface area contributed by atoms with Crippen molar-refractivity contribution in [3.63, 3.8) is 0 Å². The molecule has 0 spiro atoms. The summed E-state index contributed by atoms with van der Waals surface area (Å²) in [5.74, 6) is -0.732. The minimum atomic E-state index is -1.14. The van der Waals surface area contributed by atoms with Crippen molar-refractivity contribution >= 4 is 15.3 Å². The van der Waals surface area contributed by atoms with Gasteiger partial charge in [0, 0.05) is 14.2 Å². The minimum absolute atomic E-state index is 0.314. The van der Waals surface area contributed by atoms with Gasteiger partial charge in [-0.1, -0.05) is 6.58 Å². The van der Waals surface area contributed by atoms with Gasteiger partial charge in [0.05, 0.1) is 0 Å². The highest BCUT2D eigenvalue weighted by Crippen LogP contribution is 1.99. The average Bonchev–Trinajstić information content (AvgIpc) is 2.12. The molecule has 1 atom stereocenters. The molecule has 0 aromatic rings. The number of hydrogen-bond acceptors (Lipinski definition) is 4. The molecular formula is C8H16O4Si. The van der Waals surface area contributed by atoms with E-state index < -0.39 is 21.2 Å². The number of hydrogen-bond donors (Lipinski definition) is 1. The van der Waals surface area contributed by atoms with E-state index in [1.807, 2.05) is 0 Å². The lowest BCUT2D eigenvalue weighted by Gasteiger charge is -2.15. The molecule has 0 rings (SSSR count). The Morgan fingerprint density at radius 1 is 1.46 bits per heavy atom. The maximum Gasteiger partial charge on any atom is 0.182 e. The van der Waals surface area contributed by atoms with Crippen molar-refractivity contribution in [2.24, 2.45) is 0 Å². The summed E-state index contributed by atoms with van der Waals surface area (Å²) in [4.78, 5) is 11.2. The first-order valence-electron chi connectivity index (χ1n) is 3.96. The molecule has 0 bridgehead atoms. The summed E-state index contributed by atoms with van der Waals surface area (Å²) in [7, 11) is 1.83. The second-order valence-electron chi connectivity index (χ2n) is 2.80. The Kier molecular flexibility index (Phi) is 5.81. The molecule has 0 aromatic heterocycles. The number of ketones is 1. The fraction of sp³-hybridized carbons (Fsp3) is 0.625. The van der Waals surface area contributed by atoms with Crippen molar-refractivity contribution in [1.82, 2.24) is 0 Å². The Labute approximate surface area is 80.4 Å². The fourth-order valence-corrected chi connectivity index (χ4v) is 2.17. The van der Waals surface area contributed by atoms with E-state index in [1.165, 1.54) is 14.2 Å². The zero-order chi connectivity index (χ0) is 10.4. The Balaban J connectivity index is 4.05. The highest BCUT2D eigenvalue weighted by atomic mass is 28.2. The second kappa shape index (κ2) is 6.04. The molecule has 76 valence electrons. The third kappa shape index (κ3) is 4.32. The molecule has 0 saturated carbocycles. The predicted molar refractivity (Wildman–Crippen MR) is 52.2 cm³/mol. The van der Waals surface area contributed by atoms with Gasteiger partial charge >= 0.3 is 0 Å². The van der Waals surface area contributed by atoms with E-state index in [1.54, 1.807) is 6.92 Å². The van der Waals surface area contributed by atoms with E-state index >= 15 is 0 Å². The molecule has 0 aliphatic heterocycles. The highest BCUT2D eigenvalue weighted by Gasteiger charge is 2.21. The normalized spacial score (nSPS) is 13.9. The molecule has 1 N–H and O–H groups in total. The van der Waals surface area contributed by atoms with Crippen molar-refractivity contribution in [3.8, 4) is 0 Å². The predicted octanol–water partition coefficient (Wildman–Crippen LogP) is -0.805. The number of ether oxygens (including phenoxy) is 2. The molecule has 13 heavy (non-hydrogen) atoms. The van der Waals surface area contributed by atoms with Crippen LogP contribution in [0.15, 0.2) is 12.2 Å². The van der Waals surface area contributed by atoms with Crippen LogP contribution in [0.1, 0.15) is 6.92 Å². The van der Waals surface area contributed by atoms with Gasteiger partial charge < -0.3 is 14.6 Å². The Morgan fingerprint density at radius 2 is 1.92 bits per heavy atom. The highest BCUT2D eigenvalue weighted by molar-refractivity contribution is 6.45. The van der Waals surface area contributed by atoms with Crippen molar-refractivity contribution in [2.45, 2.75) is 18.6 Å². The fourth-order valence-electron chi connectivity index (χ4n) is 0.862. The first-order valence-corrected chi connectivity index (χ1v) is 5.59. The van der Waals surface area contributed by atoms with Gasteiger partial charge in [-0.25, -0.2) is 0 Å². The molecule has 0 saturated heterocycles. The van der Waals surface area contributed by atoms with Gasteiger partial charge in [-0.05, 0) is 12.5 Å². The summed E-state index contributed by atoms with van der Waals surface area (Å²) >= 11 is 0. The maximum atomic E-state index is 11.2. The molecule has 0 aromatic carbocycles.